The molecule has 0 amide bonds. The van der Waals surface area contributed by atoms with Crippen molar-refractivity contribution in [3.63, 3.8) is 0 Å². The van der Waals surface area contributed by atoms with E-state index in [1.165, 1.54) is 0 Å². The highest BCUT2D eigenvalue weighted by Gasteiger charge is 2.19. The standard InChI is InChI=1S/C17H12O3/c18-10-1-2-11-9(7-10)8-16(20)17-13(11)4-3-12-14(17)5-6-15(12)19/h1-4,6-8,18-20H,5H2. The van der Waals surface area contributed by atoms with E-state index in [-0.39, 0.29) is 17.3 Å². The minimum Gasteiger partial charge on any atom is -0.508 e. The van der Waals surface area contributed by atoms with E-state index >= 15 is 0 Å². The van der Waals surface area contributed by atoms with Crippen molar-refractivity contribution in [1.82, 2.24) is 0 Å². The van der Waals surface area contributed by atoms with Gasteiger partial charge in [0.15, 0.2) is 0 Å². The molecule has 3 N–H and O–H groups in total. The second kappa shape index (κ2) is 3.67. The van der Waals surface area contributed by atoms with Crippen LogP contribution in [0.3, 0.4) is 0 Å². The molecule has 3 aromatic rings. The van der Waals surface area contributed by atoms with Gasteiger partial charge in [-0.3, -0.25) is 0 Å². The van der Waals surface area contributed by atoms with Crippen LogP contribution < -0.4 is 0 Å². The van der Waals surface area contributed by atoms with Crippen LogP contribution in [0.1, 0.15) is 11.1 Å². The molecule has 0 radical (unpaired) electrons. The summed E-state index contributed by atoms with van der Waals surface area (Å²) in [6.45, 7) is 0. The number of allylic oxidation sites excluding steroid dienone is 1. The van der Waals surface area contributed by atoms with E-state index in [1.54, 1.807) is 24.3 Å². The van der Waals surface area contributed by atoms with Crippen molar-refractivity contribution in [2.45, 2.75) is 6.42 Å². The largest absolute Gasteiger partial charge is 0.508 e. The Bertz CT molecular complexity index is 907. The Hall–Kier alpha value is -2.68. The van der Waals surface area contributed by atoms with Gasteiger partial charge in [-0.1, -0.05) is 18.2 Å². The third-order valence-corrected chi connectivity index (χ3v) is 3.96. The summed E-state index contributed by atoms with van der Waals surface area (Å²) in [6, 6.07) is 10.6. The Kier molecular flexibility index (Phi) is 2.05. The number of aromatic hydroxyl groups is 2. The summed E-state index contributed by atoms with van der Waals surface area (Å²) >= 11 is 0. The smallest absolute Gasteiger partial charge is 0.124 e. The van der Waals surface area contributed by atoms with Crippen LogP contribution in [-0.2, 0) is 6.42 Å². The summed E-state index contributed by atoms with van der Waals surface area (Å²) in [5, 5.41) is 33.2. The number of rotatable bonds is 0. The number of hydrogen-bond donors (Lipinski definition) is 3. The molecule has 0 aliphatic heterocycles. The van der Waals surface area contributed by atoms with Crippen molar-refractivity contribution in [2.24, 2.45) is 0 Å². The average molecular weight is 264 g/mol. The lowest BCUT2D eigenvalue weighted by Crippen LogP contribution is -1.89. The maximum Gasteiger partial charge on any atom is 0.124 e. The highest BCUT2D eigenvalue weighted by molar-refractivity contribution is 6.12. The fourth-order valence-electron chi connectivity index (χ4n) is 3.06. The first-order valence-corrected chi connectivity index (χ1v) is 6.45. The van der Waals surface area contributed by atoms with Crippen molar-refractivity contribution in [3.8, 4) is 11.5 Å². The zero-order valence-corrected chi connectivity index (χ0v) is 10.6. The normalized spacial score (nSPS) is 13.7. The highest BCUT2D eigenvalue weighted by atomic mass is 16.3. The van der Waals surface area contributed by atoms with Crippen LogP contribution in [0.15, 0.2) is 42.5 Å². The Morgan fingerprint density at radius 3 is 2.50 bits per heavy atom. The predicted octanol–water partition coefficient (Wildman–Crippen LogP) is 3.86. The summed E-state index contributed by atoms with van der Waals surface area (Å²) in [7, 11) is 0. The molecule has 0 atom stereocenters. The van der Waals surface area contributed by atoms with Crippen LogP contribution in [0.2, 0.25) is 0 Å². The lowest BCUT2D eigenvalue weighted by molar-refractivity contribution is 0.476. The van der Waals surface area contributed by atoms with Gasteiger partial charge in [-0.05, 0) is 52.4 Å². The molecule has 1 aliphatic rings. The molecule has 0 saturated carbocycles. The van der Waals surface area contributed by atoms with Crippen LogP contribution in [0, 0.1) is 0 Å². The molecule has 0 saturated heterocycles. The fourth-order valence-corrected chi connectivity index (χ4v) is 3.06. The van der Waals surface area contributed by atoms with Gasteiger partial charge in [-0.25, -0.2) is 0 Å². The Balaban J connectivity index is 2.20. The third kappa shape index (κ3) is 1.35. The summed E-state index contributed by atoms with van der Waals surface area (Å²) in [6.07, 6.45) is 2.38. The quantitative estimate of drug-likeness (QED) is 0.540. The van der Waals surface area contributed by atoms with E-state index in [1.807, 2.05) is 18.2 Å². The maximum absolute atomic E-state index is 10.3. The molecule has 0 spiro atoms. The fraction of sp³-hybridized carbons (Fsp3) is 0.0588. The molecule has 3 heteroatoms. The molecule has 20 heavy (non-hydrogen) atoms. The van der Waals surface area contributed by atoms with E-state index in [0.717, 1.165) is 32.7 Å². The number of aliphatic hydroxyl groups is 1. The number of hydrogen-bond acceptors (Lipinski definition) is 3. The van der Waals surface area contributed by atoms with E-state index in [4.69, 9.17) is 0 Å². The average Bonchev–Trinajstić information content (AvgIpc) is 2.80. The molecule has 3 nitrogen and oxygen atoms in total. The molecule has 3 aromatic carbocycles. The van der Waals surface area contributed by atoms with Crippen molar-refractivity contribution in [2.75, 3.05) is 0 Å². The Labute approximate surface area is 115 Å². The maximum atomic E-state index is 10.3. The van der Waals surface area contributed by atoms with E-state index in [0.29, 0.717) is 6.42 Å². The van der Waals surface area contributed by atoms with Gasteiger partial charge in [0.1, 0.15) is 17.3 Å². The van der Waals surface area contributed by atoms with Crippen LogP contribution >= 0.6 is 0 Å². The summed E-state index contributed by atoms with van der Waals surface area (Å²) in [4.78, 5) is 0. The van der Waals surface area contributed by atoms with Gasteiger partial charge in [0.2, 0.25) is 0 Å². The van der Waals surface area contributed by atoms with Gasteiger partial charge >= 0.3 is 0 Å². The van der Waals surface area contributed by atoms with Crippen molar-refractivity contribution >= 4 is 27.3 Å². The molecular weight excluding hydrogens is 252 g/mol. The second-order valence-electron chi connectivity index (χ2n) is 5.11. The molecule has 0 aromatic heterocycles. The van der Waals surface area contributed by atoms with Crippen LogP contribution in [0.5, 0.6) is 11.5 Å². The summed E-state index contributed by atoms with van der Waals surface area (Å²) in [5.41, 5.74) is 1.73. The number of aliphatic hydroxyl groups excluding tert-OH is 1. The van der Waals surface area contributed by atoms with Gasteiger partial charge in [0.25, 0.3) is 0 Å². The van der Waals surface area contributed by atoms with E-state index in [2.05, 4.69) is 0 Å². The summed E-state index contributed by atoms with van der Waals surface area (Å²) in [5.74, 6) is 0.627. The van der Waals surface area contributed by atoms with Gasteiger partial charge < -0.3 is 15.3 Å². The Morgan fingerprint density at radius 1 is 0.850 bits per heavy atom. The number of phenolic OH excluding ortho intramolecular Hbond substituents is 2. The third-order valence-electron chi connectivity index (χ3n) is 3.96. The molecule has 0 heterocycles. The molecular formula is C17H12O3. The SMILES string of the molecule is OC1=CCc2c1ccc1c2c(O)cc2cc(O)ccc21. The monoisotopic (exact) mass is 264 g/mol. The zero-order valence-electron chi connectivity index (χ0n) is 10.6. The second-order valence-corrected chi connectivity index (χ2v) is 5.11. The lowest BCUT2D eigenvalue weighted by Gasteiger charge is -2.11. The first kappa shape index (κ1) is 11.2. The molecule has 0 unspecified atom stereocenters. The first-order valence-electron chi connectivity index (χ1n) is 6.45. The van der Waals surface area contributed by atoms with Crippen LogP contribution in [-0.4, -0.2) is 15.3 Å². The van der Waals surface area contributed by atoms with Gasteiger partial charge in [-0.2, -0.15) is 0 Å². The number of fused-ring (bicyclic) bond motifs is 5. The van der Waals surface area contributed by atoms with E-state index < -0.39 is 0 Å². The van der Waals surface area contributed by atoms with Crippen molar-refractivity contribution < 1.29 is 15.3 Å². The molecule has 0 bridgehead atoms. The summed E-state index contributed by atoms with van der Waals surface area (Å²) < 4.78 is 0. The van der Waals surface area contributed by atoms with Crippen molar-refractivity contribution in [3.05, 3.63) is 53.6 Å². The number of benzene rings is 3. The Morgan fingerprint density at radius 2 is 1.65 bits per heavy atom. The first-order chi connectivity index (χ1) is 9.65. The van der Waals surface area contributed by atoms with Gasteiger partial charge in [-0.15, -0.1) is 0 Å². The minimum atomic E-state index is 0.178. The van der Waals surface area contributed by atoms with Crippen LogP contribution in [0.4, 0.5) is 0 Å². The van der Waals surface area contributed by atoms with Gasteiger partial charge in [0.05, 0.1) is 0 Å². The van der Waals surface area contributed by atoms with E-state index in [9.17, 15) is 15.3 Å². The predicted molar refractivity (Wildman–Crippen MR) is 79.1 cm³/mol. The highest BCUT2D eigenvalue weighted by Crippen LogP contribution is 2.40. The minimum absolute atomic E-state index is 0.178. The number of phenols is 2. The van der Waals surface area contributed by atoms with Crippen LogP contribution in [0.25, 0.3) is 27.3 Å². The topological polar surface area (TPSA) is 60.7 Å². The van der Waals surface area contributed by atoms with Crippen molar-refractivity contribution in [1.29, 1.82) is 0 Å². The molecule has 98 valence electrons. The molecule has 0 fully saturated rings. The lowest BCUT2D eigenvalue weighted by atomic mass is 9.94. The molecule has 1 aliphatic carbocycles. The zero-order chi connectivity index (χ0) is 13.9. The van der Waals surface area contributed by atoms with Gasteiger partial charge in [0, 0.05) is 10.9 Å². The molecule has 4 rings (SSSR count).